The zero-order valence-corrected chi connectivity index (χ0v) is 19.0. The van der Waals surface area contributed by atoms with Crippen molar-refractivity contribution in [2.24, 2.45) is 0 Å². The molecule has 2 amide bonds. The molecule has 27 heavy (non-hydrogen) atoms. The van der Waals surface area contributed by atoms with Crippen LogP contribution in [0.1, 0.15) is 26.3 Å². The van der Waals surface area contributed by atoms with Gasteiger partial charge in [-0.3, -0.25) is 19.3 Å². The summed E-state index contributed by atoms with van der Waals surface area (Å²) in [6.45, 7) is 4.65. The molecule has 0 spiro atoms. The van der Waals surface area contributed by atoms with Crippen molar-refractivity contribution in [3.05, 3.63) is 25.5 Å². The molecule has 7 nitrogen and oxygen atoms in total. The smallest absolute Gasteiger partial charge is 0.326 e. The van der Waals surface area contributed by atoms with E-state index in [-0.39, 0.29) is 16.4 Å². The minimum Gasteiger partial charge on any atom is -0.503 e. The molecule has 146 valence electrons. The molecule has 1 aromatic rings. The number of aromatic hydroxyl groups is 1. The SMILES string of the molecule is COc1cc(C=C2SC(=O)N(CC(=O)OC(C)(C)C)C2=O)c(Br)c(Br)c1O. The molecular weight excluding hydrogens is 506 g/mol. The number of benzene rings is 1. The van der Waals surface area contributed by atoms with Crippen molar-refractivity contribution in [2.45, 2.75) is 26.4 Å². The van der Waals surface area contributed by atoms with E-state index in [9.17, 15) is 19.5 Å². The third kappa shape index (κ3) is 5.05. The summed E-state index contributed by atoms with van der Waals surface area (Å²) in [5.41, 5.74) is -0.201. The van der Waals surface area contributed by atoms with Crippen LogP contribution in [0.5, 0.6) is 11.5 Å². The van der Waals surface area contributed by atoms with E-state index in [0.717, 1.165) is 16.7 Å². The fourth-order valence-electron chi connectivity index (χ4n) is 2.15. The monoisotopic (exact) mass is 521 g/mol. The maximum Gasteiger partial charge on any atom is 0.326 e. The standard InChI is InChI=1S/C17H17Br2NO6S/c1-17(2,3)26-11(21)7-20-15(23)10(27-16(20)24)6-8-5-9(25-4)14(22)13(19)12(8)18/h5-6,22H,7H2,1-4H3. The Bertz CT molecular complexity index is 847. The van der Waals surface area contributed by atoms with Crippen molar-refractivity contribution in [1.82, 2.24) is 4.90 Å². The van der Waals surface area contributed by atoms with Gasteiger partial charge in [0.1, 0.15) is 12.1 Å². The van der Waals surface area contributed by atoms with Crippen LogP contribution >= 0.6 is 43.6 Å². The van der Waals surface area contributed by atoms with E-state index in [4.69, 9.17) is 9.47 Å². The third-order valence-corrected chi connectivity index (χ3v) is 6.33. The number of thioether (sulfide) groups is 1. The van der Waals surface area contributed by atoms with Crippen LogP contribution in [0, 0.1) is 0 Å². The molecule has 2 rings (SSSR count). The highest BCUT2D eigenvalue weighted by Crippen LogP contribution is 2.43. The zero-order valence-electron chi connectivity index (χ0n) is 15.0. The normalized spacial score (nSPS) is 16.2. The van der Waals surface area contributed by atoms with Gasteiger partial charge in [-0.2, -0.15) is 0 Å². The predicted octanol–water partition coefficient (Wildman–Crippen LogP) is 4.30. The number of hydrogen-bond donors (Lipinski definition) is 1. The molecule has 10 heteroatoms. The molecule has 1 aliphatic heterocycles. The van der Waals surface area contributed by atoms with Crippen molar-refractivity contribution >= 4 is 66.8 Å². The minimum absolute atomic E-state index is 0.0976. The first-order chi connectivity index (χ1) is 12.4. The number of amides is 2. The van der Waals surface area contributed by atoms with E-state index in [1.807, 2.05) is 0 Å². The number of halogens is 2. The van der Waals surface area contributed by atoms with Crippen molar-refractivity contribution < 1.29 is 29.0 Å². The van der Waals surface area contributed by atoms with Crippen molar-refractivity contribution in [3.8, 4) is 11.5 Å². The van der Waals surface area contributed by atoms with Gasteiger partial charge in [-0.1, -0.05) is 0 Å². The lowest BCUT2D eigenvalue weighted by atomic mass is 10.2. The van der Waals surface area contributed by atoms with E-state index in [2.05, 4.69) is 31.9 Å². The average Bonchev–Trinajstić information content (AvgIpc) is 2.81. The number of carbonyl (C=O) groups is 3. The lowest BCUT2D eigenvalue weighted by molar-refractivity contribution is -0.156. The minimum atomic E-state index is -0.714. The molecular formula is C17H17Br2NO6S. The summed E-state index contributed by atoms with van der Waals surface area (Å²) in [7, 11) is 1.40. The number of rotatable bonds is 4. The second-order valence-electron chi connectivity index (χ2n) is 6.50. The molecule has 1 heterocycles. The molecule has 0 atom stereocenters. The van der Waals surface area contributed by atoms with Crippen molar-refractivity contribution in [1.29, 1.82) is 0 Å². The van der Waals surface area contributed by atoms with Gasteiger partial charge >= 0.3 is 5.97 Å². The van der Waals surface area contributed by atoms with Crippen LogP contribution in [0.25, 0.3) is 6.08 Å². The van der Waals surface area contributed by atoms with Gasteiger partial charge in [0.2, 0.25) is 0 Å². The number of phenolic OH excluding ortho intramolecular Hbond substituents is 1. The van der Waals surface area contributed by atoms with Gasteiger partial charge < -0.3 is 14.6 Å². The number of phenols is 1. The highest BCUT2D eigenvalue weighted by molar-refractivity contribution is 9.13. The summed E-state index contributed by atoms with van der Waals surface area (Å²) < 4.78 is 11.1. The quantitative estimate of drug-likeness (QED) is 0.465. The maximum absolute atomic E-state index is 12.5. The Labute approximate surface area is 177 Å². The number of hydrogen-bond acceptors (Lipinski definition) is 7. The molecule has 1 fully saturated rings. The highest BCUT2D eigenvalue weighted by atomic mass is 79.9. The van der Waals surface area contributed by atoms with Crippen LogP contribution in [-0.2, 0) is 14.3 Å². The van der Waals surface area contributed by atoms with Gasteiger partial charge in [-0.25, -0.2) is 0 Å². The Balaban J connectivity index is 2.29. The van der Waals surface area contributed by atoms with E-state index in [1.54, 1.807) is 20.8 Å². The molecule has 0 aliphatic carbocycles. The second-order valence-corrected chi connectivity index (χ2v) is 9.08. The fraction of sp³-hybridized carbons (Fsp3) is 0.353. The van der Waals surface area contributed by atoms with Crippen molar-refractivity contribution in [3.63, 3.8) is 0 Å². The second kappa shape index (κ2) is 8.24. The lowest BCUT2D eigenvalue weighted by Gasteiger charge is -2.21. The summed E-state index contributed by atoms with van der Waals surface area (Å²) in [5.74, 6) is -1.16. The van der Waals surface area contributed by atoms with Crippen LogP contribution in [-0.4, -0.2) is 46.4 Å². The molecule has 0 bridgehead atoms. The maximum atomic E-state index is 12.5. The summed E-state index contributed by atoms with van der Waals surface area (Å²) in [4.78, 5) is 37.6. The van der Waals surface area contributed by atoms with Gasteiger partial charge in [0.25, 0.3) is 11.1 Å². The summed E-state index contributed by atoms with van der Waals surface area (Å²) in [6.07, 6.45) is 1.48. The Kier molecular flexibility index (Phi) is 6.64. The summed E-state index contributed by atoms with van der Waals surface area (Å²) >= 11 is 7.28. The first-order valence-corrected chi connectivity index (χ1v) is 10.1. The molecule has 1 aliphatic rings. The number of nitrogens with zero attached hydrogens (tertiary/aromatic N) is 1. The van der Waals surface area contributed by atoms with Gasteiger partial charge in [0, 0.05) is 4.47 Å². The summed E-state index contributed by atoms with van der Waals surface area (Å²) in [5, 5.41) is 9.43. The molecule has 0 aromatic heterocycles. The highest BCUT2D eigenvalue weighted by Gasteiger charge is 2.37. The first kappa shape index (κ1) is 21.8. The Hall–Kier alpha value is -1.52. The van der Waals surface area contributed by atoms with Gasteiger partial charge in [-0.05, 0) is 82.1 Å². The zero-order chi connectivity index (χ0) is 20.5. The molecule has 1 saturated heterocycles. The largest absolute Gasteiger partial charge is 0.503 e. The Morgan fingerprint density at radius 3 is 2.48 bits per heavy atom. The number of esters is 1. The van der Waals surface area contributed by atoms with Crippen LogP contribution in [0.2, 0.25) is 0 Å². The van der Waals surface area contributed by atoms with Gasteiger partial charge in [0.05, 0.1) is 16.5 Å². The number of carbonyl (C=O) groups excluding carboxylic acids is 3. The predicted molar refractivity (Wildman–Crippen MR) is 109 cm³/mol. The number of imide groups is 1. The van der Waals surface area contributed by atoms with Crippen LogP contribution < -0.4 is 4.74 Å². The number of methoxy groups -OCH3 is 1. The third-order valence-electron chi connectivity index (χ3n) is 3.26. The lowest BCUT2D eigenvalue weighted by Crippen LogP contribution is -2.37. The number of ether oxygens (including phenoxy) is 2. The topological polar surface area (TPSA) is 93.1 Å². The van der Waals surface area contributed by atoms with E-state index >= 15 is 0 Å². The van der Waals surface area contributed by atoms with Crippen LogP contribution in [0.3, 0.4) is 0 Å². The van der Waals surface area contributed by atoms with E-state index < -0.39 is 29.3 Å². The van der Waals surface area contributed by atoms with E-state index in [0.29, 0.717) is 14.5 Å². The summed E-state index contributed by atoms with van der Waals surface area (Å²) in [6, 6.07) is 1.52. The van der Waals surface area contributed by atoms with Gasteiger partial charge in [0.15, 0.2) is 11.5 Å². The fourth-order valence-corrected chi connectivity index (χ4v) is 3.82. The molecule has 0 saturated carbocycles. The first-order valence-electron chi connectivity index (χ1n) is 7.66. The molecule has 1 aromatic carbocycles. The van der Waals surface area contributed by atoms with E-state index in [1.165, 1.54) is 19.3 Å². The van der Waals surface area contributed by atoms with Crippen LogP contribution in [0.15, 0.2) is 19.9 Å². The molecule has 0 unspecified atom stereocenters. The van der Waals surface area contributed by atoms with Crippen LogP contribution in [0.4, 0.5) is 4.79 Å². The van der Waals surface area contributed by atoms with Crippen molar-refractivity contribution in [2.75, 3.05) is 13.7 Å². The Morgan fingerprint density at radius 1 is 1.30 bits per heavy atom. The molecule has 0 radical (unpaired) electrons. The molecule has 1 N–H and O–H groups in total. The Morgan fingerprint density at radius 2 is 1.93 bits per heavy atom. The average molecular weight is 523 g/mol. The van der Waals surface area contributed by atoms with Gasteiger partial charge in [-0.15, -0.1) is 0 Å².